The lowest BCUT2D eigenvalue weighted by atomic mass is 10.1. The summed E-state index contributed by atoms with van der Waals surface area (Å²) in [6, 6.07) is 14.4. The second-order valence-corrected chi connectivity index (χ2v) is 4.60. The number of carbonyl (C=O) groups excluding carboxylic acids is 1. The maximum atomic E-state index is 11.6. The summed E-state index contributed by atoms with van der Waals surface area (Å²) < 4.78 is 9.98. The molecule has 0 unspecified atom stereocenters. The lowest BCUT2D eigenvalue weighted by molar-refractivity contribution is 0.0601. The van der Waals surface area contributed by atoms with Gasteiger partial charge in [-0.1, -0.05) is 30.3 Å². The van der Waals surface area contributed by atoms with Crippen molar-refractivity contribution in [2.24, 2.45) is 0 Å². The Morgan fingerprint density at radius 3 is 2.45 bits per heavy atom. The van der Waals surface area contributed by atoms with Crippen molar-refractivity contribution in [1.29, 1.82) is 5.41 Å². The van der Waals surface area contributed by atoms with Crippen LogP contribution in [0.4, 0.5) is 5.69 Å². The predicted molar refractivity (Wildman–Crippen MR) is 86.1 cm³/mol. The van der Waals surface area contributed by atoms with E-state index in [-0.39, 0.29) is 0 Å². The summed E-state index contributed by atoms with van der Waals surface area (Å²) in [7, 11) is 2.89. The van der Waals surface area contributed by atoms with Gasteiger partial charge in [0, 0.05) is 0 Å². The van der Waals surface area contributed by atoms with Gasteiger partial charge in [0.25, 0.3) is 0 Å². The molecule has 0 amide bonds. The number of rotatable bonds is 6. The first-order chi connectivity index (χ1) is 10.7. The van der Waals surface area contributed by atoms with Crippen LogP contribution in [0.15, 0.2) is 48.5 Å². The van der Waals surface area contributed by atoms with Gasteiger partial charge in [-0.05, 0) is 23.8 Å². The van der Waals surface area contributed by atoms with Gasteiger partial charge in [0.15, 0.2) is 0 Å². The van der Waals surface area contributed by atoms with Crippen LogP contribution < -0.4 is 10.1 Å². The number of methoxy groups -OCH3 is 2. The van der Waals surface area contributed by atoms with Crippen molar-refractivity contribution in [3.05, 3.63) is 59.7 Å². The highest BCUT2D eigenvalue weighted by Gasteiger charge is 2.11. The van der Waals surface area contributed by atoms with Crippen molar-refractivity contribution in [3.8, 4) is 5.75 Å². The highest BCUT2D eigenvalue weighted by atomic mass is 16.5. The Morgan fingerprint density at radius 2 is 1.82 bits per heavy atom. The normalized spacial score (nSPS) is 9.91. The summed E-state index contributed by atoms with van der Waals surface area (Å²) in [5, 5.41) is 11.2. The van der Waals surface area contributed by atoms with E-state index in [1.165, 1.54) is 7.11 Å². The van der Waals surface area contributed by atoms with Gasteiger partial charge in [0.1, 0.15) is 5.75 Å². The van der Waals surface area contributed by atoms with Crippen LogP contribution in [-0.2, 0) is 4.74 Å². The molecule has 2 N–H and O–H groups in total. The monoisotopic (exact) mass is 298 g/mol. The molecular weight excluding hydrogens is 280 g/mol. The highest BCUT2D eigenvalue weighted by molar-refractivity contribution is 6.01. The number of esters is 1. The third-order valence-corrected chi connectivity index (χ3v) is 3.20. The molecule has 2 rings (SSSR count). The molecule has 114 valence electrons. The van der Waals surface area contributed by atoms with Crippen molar-refractivity contribution in [1.82, 2.24) is 0 Å². The summed E-state index contributed by atoms with van der Waals surface area (Å²) in [6.07, 6.45) is 0. The Balaban J connectivity index is 2.14. The quantitative estimate of drug-likeness (QED) is 0.635. The summed E-state index contributed by atoms with van der Waals surface area (Å²) in [5.41, 5.74) is 2.37. The molecule has 0 heterocycles. The molecule has 5 heteroatoms. The zero-order chi connectivity index (χ0) is 15.9. The van der Waals surface area contributed by atoms with Crippen LogP contribution in [0.5, 0.6) is 5.75 Å². The van der Waals surface area contributed by atoms with E-state index in [0.29, 0.717) is 29.3 Å². The average molecular weight is 298 g/mol. The zero-order valence-corrected chi connectivity index (χ0v) is 12.6. The summed E-state index contributed by atoms with van der Waals surface area (Å²) >= 11 is 0. The van der Waals surface area contributed by atoms with E-state index in [1.807, 2.05) is 30.3 Å². The van der Waals surface area contributed by atoms with Gasteiger partial charge in [-0.3, -0.25) is 0 Å². The molecular formula is C17H18N2O3. The third kappa shape index (κ3) is 3.63. The van der Waals surface area contributed by atoms with Gasteiger partial charge in [-0.25, -0.2) is 4.79 Å². The van der Waals surface area contributed by atoms with Gasteiger partial charge in [-0.15, -0.1) is 0 Å². The first-order valence-electron chi connectivity index (χ1n) is 6.78. The molecule has 0 aliphatic rings. The molecule has 0 atom stereocenters. The maximum Gasteiger partial charge on any atom is 0.337 e. The van der Waals surface area contributed by atoms with Crippen LogP contribution in [-0.4, -0.2) is 32.4 Å². The topological polar surface area (TPSA) is 71.4 Å². The molecule has 22 heavy (non-hydrogen) atoms. The van der Waals surface area contributed by atoms with Gasteiger partial charge < -0.3 is 20.2 Å². The average Bonchev–Trinajstić information content (AvgIpc) is 2.59. The first-order valence-corrected chi connectivity index (χ1v) is 6.78. The molecule has 0 aliphatic heterocycles. The molecule has 2 aromatic rings. The number of hydrogen-bond donors (Lipinski definition) is 2. The Hall–Kier alpha value is -2.82. The second-order valence-electron chi connectivity index (χ2n) is 4.60. The van der Waals surface area contributed by atoms with Gasteiger partial charge in [0.05, 0.1) is 37.7 Å². The molecule has 0 bridgehead atoms. The zero-order valence-electron chi connectivity index (χ0n) is 12.6. The lowest BCUT2D eigenvalue weighted by Crippen LogP contribution is -2.15. The van der Waals surface area contributed by atoms with Gasteiger partial charge in [-0.2, -0.15) is 0 Å². The Morgan fingerprint density at radius 1 is 1.09 bits per heavy atom. The van der Waals surface area contributed by atoms with Gasteiger partial charge >= 0.3 is 5.97 Å². The highest BCUT2D eigenvalue weighted by Crippen LogP contribution is 2.25. The summed E-state index contributed by atoms with van der Waals surface area (Å²) in [5.74, 6) is 0.192. The minimum Gasteiger partial charge on any atom is -0.495 e. The first kappa shape index (κ1) is 15.6. The van der Waals surface area contributed by atoms with E-state index in [2.05, 4.69) is 5.32 Å². The molecule has 2 aromatic carbocycles. The van der Waals surface area contributed by atoms with Crippen molar-refractivity contribution >= 4 is 17.4 Å². The fourth-order valence-corrected chi connectivity index (χ4v) is 2.02. The maximum absolute atomic E-state index is 11.6. The van der Waals surface area contributed by atoms with Crippen LogP contribution in [0, 0.1) is 5.41 Å². The van der Waals surface area contributed by atoms with E-state index in [0.717, 1.165) is 5.56 Å². The number of carbonyl (C=O) groups is 1. The summed E-state index contributed by atoms with van der Waals surface area (Å²) in [4.78, 5) is 11.6. The SMILES string of the molecule is COC(=O)c1ccc(OC)c(NCC(=N)c2ccccc2)c1. The largest absolute Gasteiger partial charge is 0.495 e. The molecule has 0 aliphatic carbocycles. The Kier molecular flexibility index (Phi) is 5.14. The van der Waals surface area contributed by atoms with Crippen LogP contribution >= 0.6 is 0 Å². The third-order valence-electron chi connectivity index (χ3n) is 3.20. The molecule has 0 saturated heterocycles. The van der Waals surface area contributed by atoms with E-state index >= 15 is 0 Å². The standard InChI is InChI=1S/C17H18N2O3/c1-21-16-9-8-13(17(20)22-2)10-15(16)19-11-14(18)12-6-4-3-5-7-12/h3-10,18-19H,11H2,1-2H3. The van der Waals surface area contributed by atoms with E-state index in [9.17, 15) is 4.79 Å². The molecule has 0 saturated carbocycles. The molecule has 0 radical (unpaired) electrons. The number of ether oxygens (including phenoxy) is 2. The Labute approximate surface area is 129 Å². The van der Waals surface area contributed by atoms with E-state index < -0.39 is 5.97 Å². The molecule has 5 nitrogen and oxygen atoms in total. The smallest absolute Gasteiger partial charge is 0.337 e. The number of benzene rings is 2. The van der Waals surface area contributed by atoms with Crippen molar-refractivity contribution in [2.45, 2.75) is 0 Å². The van der Waals surface area contributed by atoms with Gasteiger partial charge in [0.2, 0.25) is 0 Å². The fourth-order valence-electron chi connectivity index (χ4n) is 2.02. The van der Waals surface area contributed by atoms with Crippen molar-refractivity contribution < 1.29 is 14.3 Å². The second kappa shape index (κ2) is 7.26. The predicted octanol–water partition coefficient (Wildman–Crippen LogP) is 2.96. The van der Waals surface area contributed by atoms with Crippen LogP contribution in [0.25, 0.3) is 0 Å². The number of anilines is 1. The Bertz CT molecular complexity index is 669. The molecule has 0 aromatic heterocycles. The minimum atomic E-state index is -0.413. The summed E-state index contributed by atoms with van der Waals surface area (Å²) in [6.45, 7) is 0.324. The van der Waals surface area contributed by atoms with Crippen LogP contribution in [0.3, 0.4) is 0 Å². The van der Waals surface area contributed by atoms with E-state index in [1.54, 1.807) is 25.3 Å². The van der Waals surface area contributed by atoms with Crippen molar-refractivity contribution in [2.75, 3.05) is 26.1 Å². The van der Waals surface area contributed by atoms with Crippen molar-refractivity contribution in [3.63, 3.8) is 0 Å². The minimum absolute atomic E-state index is 0.324. The van der Waals surface area contributed by atoms with Crippen LogP contribution in [0.1, 0.15) is 15.9 Å². The lowest BCUT2D eigenvalue weighted by Gasteiger charge is -2.13. The van der Waals surface area contributed by atoms with Crippen LogP contribution in [0.2, 0.25) is 0 Å². The molecule has 0 spiro atoms. The number of nitrogens with one attached hydrogen (secondary N) is 2. The number of hydrogen-bond acceptors (Lipinski definition) is 5. The molecule has 0 fully saturated rings. The van der Waals surface area contributed by atoms with E-state index in [4.69, 9.17) is 14.9 Å². The fraction of sp³-hybridized carbons (Fsp3) is 0.176.